The zero-order chi connectivity index (χ0) is 16.0. The van der Waals surface area contributed by atoms with Crippen LogP contribution in [0.5, 0.6) is 0 Å². The van der Waals surface area contributed by atoms with E-state index in [1.807, 2.05) is 0 Å². The maximum Gasteiger partial charge on any atom is 0.207 e. The summed E-state index contributed by atoms with van der Waals surface area (Å²) in [5, 5.41) is 2.59. The maximum absolute atomic E-state index is 14.7. The summed E-state index contributed by atoms with van der Waals surface area (Å²) in [5.41, 5.74) is -1.65. The first kappa shape index (κ1) is 15.4. The molecule has 0 spiro atoms. The van der Waals surface area contributed by atoms with Crippen LogP contribution in [0.15, 0.2) is 12.1 Å². The van der Waals surface area contributed by atoms with Crippen molar-refractivity contribution in [2.24, 2.45) is 5.41 Å². The molecule has 1 amide bonds. The van der Waals surface area contributed by atoms with E-state index in [0.29, 0.717) is 44.1 Å². The number of carbonyl (C=O) groups is 1. The van der Waals surface area contributed by atoms with Gasteiger partial charge in [0.1, 0.15) is 17.3 Å². The van der Waals surface area contributed by atoms with E-state index >= 15 is 0 Å². The lowest BCUT2D eigenvalue weighted by Crippen LogP contribution is -2.41. The number of fused-ring (bicyclic) bond motifs is 2. The Morgan fingerprint density at radius 3 is 2.73 bits per heavy atom. The minimum atomic E-state index is -1.25. The van der Waals surface area contributed by atoms with Gasteiger partial charge in [-0.3, -0.25) is 4.79 Å². The predicted molar refractivity (Wildman–Crippen MR) is 77.0 cm³/mol. The zero-order valence-corrected chi connectivity index (χ0v) is 12.6. The summed E-state index contributed by atoms with van der Waals surface area (Å²) in [4.78, 5) is 11.0. The number of hydrogen-bond donors (Lipinski definition) is 1. The summed E-state index contributed by atoms with van der Waals surface area (Å²) in [5.74, 6) is -1.32. The molecule has 1 aromatic rings. The molecule has 1 N–H and O–H groups in total. The van der Waals surface area contributed by atoms with Crippen molar-refractivity contribution >= 4 is 6.41 Å². The molecule has 0 radical (unpaired) electrons. The fourth-order valence-corrected chi connectivity index (χ4v) is 4.43. The Morgan fingerprint density at radius 2 is 2.00 bits per heavy atom. The molecular weight excluding hydrogens is 291 g/mol. The smallest absolute Gasteiger partial charge is 0.207 e. The third-order valence-electron chi connectivity index (χ3n) is 5.49. The first-order valence-electron chi connectivity index (χ1n) is 7.74. The molecule has 0 saturated heterocycles. The number of halogens is 3. The molecule has 120 valence electrons. The molecule has 5 heteroatoms. The van der Waals surface area contributed by atoms with Crippen molar-refractivity contribution in [2.45, 2.75) is 57.2 Å². The predicted octanol–water partition coefficient (Wildman–Crippen LogP) is 4.12. The van der Waals surface area contributed by atoms with Crippen molar-refractivity contribution in [2.75, 3.05) is 0 Å². The van der Waals surface area contributed by atoms with Crippen molar-refractivity contribution in [3.05, 3.63) is 34.9 Å². The summed E-state index contributed by atoms with van der Waals surface area (Å²) in [7, 11) is 0. The topological polar surface area (TPSA) is 29.1 Å². The van der Waals surface area contributed by atoms with E-state index < -0.39 is 28.8 Å². The van der Waals surface area contributed by atoms with Gasteiger partial charge in [-0.25, -0.2) is 13.2 Å². The molecule has 3 atom stereocenters. The SMILES string of the molecule is Cc1ccc(F)c([C@@H](NC=O)C23CCCC(F)(CC2)C3)c1F. The van der Waals surface area contributed by atoms with Gasteiger partial charge in [-0.15, -0.1) is 0 Å². The van der Waals surface area contributed by atoms with E-state index in [1.54, 1.807) is 6.92 Å². The first-order chi connectivity index (χ1) is 10.4. The molecule has 0 heterocycles. The van der Waals surface area contributed by atoms with Crippen LogP contribution in [0, 0.1) is 24.0 Å². The molecule has 0 aliphatic heterocycles. The molecule has 2 fully saturated rings. The number of benzene rings is 1. The lowest BCUT2D eigenvalue weighted by Gasteiger charge is -2.41. The first-order valence-corrected chi connectivity index (χ1v) is 7.74. The molecule has 2 nitrogen and oxygen atoms in total. The highest BCUT2D eigenvalue weighted by atomic mass is 19.1. The Labute approximate surface area is 128 Å². The molecule has 1 aromatic carbocycles. The second-order valence-electron chi connectivity index (χ2n) is 6.85. The monoisotopic (exact) mass is 311 g/mol. The average Bonchev–Trinajstić information content (AvgIpc) is 2.73. The molecule has 2 saturated carbocycles. The molecule has 2 aliphatic carbocycles. The van der Waals surface area contributed by atoms with Crippen LogP contribution in [0.25, 0.3) is 0 Å². The normalized spacial score (nSPS) is 31.8. The molecule has 2 bridgehead atoms. The van der Waals surface area contributed by atoms with Gasteiger partial charge in [0.15, 0.2) is 0 Å². The third kappa shape index (κ3) is 2.31. The fraction of sp³-hybridized carbons (Fsp3) is 0.588. The highest BCUT2D eigenvalue weighted by Crippen LogP contribution is 2.60. The van der Waals surface area contributed by atoms with E-state index in [9.17, 15) is 18.0 Å². The van der Waals surface area contributed by atoms with E-state index in [2.05, 4.69) is 5.32 Å². The zero-order valence-electron chi connectivity index (χ0n) is 12.6. The summed E-state index contributed by atoms with van der Waals surface area (Å²) in [6, 6.07) is 1.77. The molecular formula is C17H20F3NO. The van der Waals surface area contributed by atoms with Gasteiger partial charge in [-0.05, 0) is 62.5 Å². The Kier molecular flexibility index (Phi) is 3.69. The number of aryl methyl sites for hydroxylation is 1. The Balaban J connectivity index is 2.08. The van der Waals surface area contributed by atoms with Gasteiger partial charge in [-0.1, -0.05) is 6.07 Å². The average molecular weight is 311 g/mol. The maximum atomic E-state index is 14.7. The van der Waals surface area contributed by atoms with Crippen LogP contribution in [0.4, 0.5) is 13.2 Å². The minimum absolute atomic E-state index is 0.127. The lowest BCUT2D eigenvalue weighted by molar-refractivity contribution is -0.111. The third-order valence-corrected chi connectivity index (χ3v) is 5.49. The van der Waals surface area contributed by atoms with Crippen LogP contribution in [0.2, 0.25) is 0 Å². The molecule has 22 heavy (non-hydrogen) atoms. The van der Waals surface area contributed by atoms with E-state index in [4.69, 9.17) is 0 Å². The van der Waals surface area contributed by atoms with Crippen LogP contribution in [-0.4, -0.2) is 12.1 Å². The molecule has 2 unspecified atom stereocenters. The van der Waals surface area contributed by atoms with Gasteiger partial charge in [0.05, 0.1) is 6.04 Å². The quantitative estimate of drug-likeness (QED) is 0.833. The largest absolute Gasteiger partial charge is 0.351 e. The molecule has 3 rings (SSSR count). The number of carbonyl (C=O) groups excluding carboxylic acids is 1. The van der Waals surface area contributed by atoms with Gasteiger partial charge in [0.25, 0.3) is 0 Å². The van der Waals surface area contributed by atoms with Gasteiger partial charge >= 0.3 is 0 Å². The molecule has 2 aliphatic rings. The van der Waals surface area contributed by atoms with Crippen LogP contribution in [-0.2, 0) is 4.79 Å². The van der Waals surface area contributed by atoms with E-state index in [0.717, 1.165) is 0 Å². The van der Waals surface area contributed by atoms with Crippen LogP contribution >= 0.6 is 0 Å². The number of rotatable bonds is 4. The summed E-state index contributed by atoms with van der Waals surface area (Å²) in [6.07, 6.45) is 3.54. The van der Waals surface area contributed by atoms with Gasteiger partial charge < -0.3 is 5.32 Å². The van der Waals surface area contributed by atoms with Gasteiger partial charge in [0, 0.05) is 5.56 Å². The van der Waals surface area contributed by atoms with Crippen molar-refractivity contribution in [1.29, 1.82) is 0 Å². The number of amides is 1. The highest BCUT2D eigenvalue weighted by molar-refractivity contribution is 5.49. The van der Waals surface area contributed by atoms with Crippen LogP contribution in [0.3, 0.4) is 0 Å². The number of hydrogen-bond acceptors (Lipinski definition) is 1. The second kappa shape index (κ2) is 5.28. The van der Waals surface area contributed by atoms with Crippen molar-refractivity contribution in [3.63, 3.8) is 0 Å². The minimum Gasteiger partial charge on any atom is -0.351 e. The number of nitrogens with one attached hydrogen (secondary N) is 1. The Hall–Kier alpha value is -1.52. The van der Waals surface area contributed by atoms with Crippen LogP contribution in [0.1, 0.15) is 55.7 Å². The number of alkyl halides is 1. The van der Waals surface area contributed by atoms with Crippen molar-refractivity contribution in [3.8, 4) is 0 Å². The van der Waals surface area contributed by atoms with Crippen molar-refractivity contribution < 1.29 is 18.0 Å². The van der Waals surface area contributed by atoms with Crippen LogP contribution < -0.4 is 5.32 Å². The van der Waals surface area contributed by atoms with Crippen molar-refractivity contribution in [1.82, 2.24) is 5.32 Å². The summed E-state index contributed by atoms with van der Waals surface area (Å²) >= 11 is 0. The lowest BCUT2D eigenvalue weighted by atomic mass is 9.67. The van der Waals surface area contributed by atoms with Gasteiger partial charge in [-0.2, -0.15) is 0 Å². The fourth-order valence-electron chi connectivity index (χ4n) is 4.43. The highest BCUT2D eigenvalue weighted by Gasteiger charge is 2.56. The van der Waals surface area contributed by atoms with E-state index in [-0.39, 0.29) is 12.0 Å². The Morgan fingerprint density at radius 1 is 1.23 bits per heavy atom. The van der Waals surface area contributed by atoms with Gasteiger partial charge in [0.2, 0.25) is 6.41 Å². The summed E-state index contributed by atoms with van der Waals surface area (Å²) < 4.78 is 43.5. The molecule has 0 aromatic heterocycles. The Bertz CT molecular complexity index is 606. The van der Waals surface area contributed by atoms with E-state index in [1.165, 1.54) is 12.1 Å². The summed E-state index contributed by atoms with van der Waals surface area (Å²) in [6.45, 7) is 1.56. The second-order valence-corrected chi connectivity index (χ2v) is 6.85. The standard InChI is InChI=1S/C17H20F3NO/c1-11-3-4-12(18)13(14(11)19)15(21-10-22)16-5-2-6-17(20,9-16)8-7-16/h3-4,10,15H,2,5-9H2,1H3,(H,21,22)/t15-,16?,17?/m1/s1.